The number of ketones is 1. The highest BCUT2D eigenvalue weighted by Crippen LogP contribution is 2.32. The number of ether oxygens (including phenoxy) is 1. The van der Waals surface area contributed by atoms with Gasteiger partial charge in [0.05, 0.1) is 7.11 Å². The van der Waals surface area contributed by atoms with Gasteiger partial charge in [-0.25, -0.2) is 4.68 Å². The SMILES string of the molecule is COc1ccc(=O)n(CC(=O)c2ccc(C3CCCCC3)cc2)n1. The number of carbonyl (C=O) groups is 1. The number of nitrogens with zero attached hydrogens (tertiary/aromatic N) is 2. The van der Waals surface area contributed by atoms with Gasteiger partial charge in [0.2, 0.25) is 5.88 Å². The topological polar surface area (TPSA) is 61.2 Å². The number of benzene rings is 1. The Morgan fingerprint density at radius 1 is 1.12 bits per heavy atom. The second-order valence-electron chi connectivity index (χ2n) is 6.25. The number of rotatable bonds is 5. The molecule has 2 aromatic rings. The van der Waals surface area contributed by atoms with Gasteiger partial charge in [0.15, 0.2) is 5.78 Å². The van der Waals surface area contributed by atoms with Crippen LogP contribution in [0.1, 0.15) is 53.9 Å². The van der Waals surface area contributed by atoms with Crippen molar-refractivity contribution in [3.63, 3.8) is 0 Å². The molecular formula is C19H22N2O3. The standard InChI is InChI=1S/C19H22N2O3/c1-24-18-11-12-19(23)21(20-18)13-17(22)16-9-7-15(8-10-16)14-5-3-2-4-6-14/h7-12,14H,2-6,13H2,1H3. The lowest BCUT2D eigenvalue weighted by Crippen LogP contribution is -2.26. The summed E-state index contributed by atoms with van der Waals surface area (Å²) in [6.07, 6.45) is 6.37. The maximum atomic E-state index is 12.4. The number of hydrogen-bond donors (Lipinski definition) is 0. The molecule has 5 heteroatoms. The monoisotopic (exact) mass is 326 g/mol. The predicted octanol–water partition coefficient (Wildman–Crippen LogP) is 3.18. The average Bonchev–Trinajstić information content (AvgIpc) is 2.64. The van der Waals surface area contributed by atoms with E-state index in [0.29, 0.717) is 17.4 Å². The maximum Gasteiger partial charge on any atom is 0.267 e. The molecular weight excluding hydrogens is 304 g/mol. The van der Waals surface area contributed by atoms with E-state index in [2.05, 4.69) is 5.10 Å². The van der Waals surface area contributed by atoms with Gasteiger partial charge in [-0.2, -0.15) is 0 Å². The lowest BCUT2D eigenvalue weighted by molar-refractivity contribution is 0.0965. The third kappa shape index (κ3) is 3.72. The van der Waals surface area contributed by atoms with Crippen molar-refractivity contribution < 1.29 is 9.53 Å². The number of aromatic nitrogens is 2. The van der Waals surface area contributed by atoms with Crippen LogP contribution in [-0.4, -0.2) is 22.7 Å². The van der Waals surface area contributed by atoms with Gasteiger partial charge in [0.25, 0.3) is 5.56 Å². The molecule has 0 unspecified atom stereocenters. The van der Waals surface area contributed by atoms with E-state index < -0.39 is 0 Å². The van der Waals surface area contributed by atoms with E-state index in [9.17, 15) is 9.59 Å². The molecule has 0 amide bonds. The number of hydrogen-bond acceptors (Lipinski definition) is 4. The Hall–Kier alpha value is -2.43. The molecule has 0 aliphatic heterocycles. The maximum absolute atomic E-state index is 12.4. The van der Waals surface area contributed by atoms with Crippen molar-refractivity contribution in [2.75, 3.05) is 7.11 Å². The van der Waals surface area contributed by atoms with Crippen LogP contribution in [-0.2, 0) is 6.54 Å². The Kier molecular flexibility index (Phi) is 5.08. The Labute approximate surface area is 141 Å². The number of methoxy groups -OCH3 is 1. The zero-order valence-electron chi connectivity index (χ0n) is 13.9. The van der Waals surface area contributed by atoms with Crippen LogP contribution in [0.2, 0.25) is 0 Å². The van der Waals surface area contributed by atoms with Crippen LogP contribution >= 0.6 is 0 Å². The highest BCUT2D eigenvalue weighted by Gasteiger charge is 2.16. The lowest BCUT2D eigenvalue weighted by Gasteiger charge is -2.22. The van der Waals surface area contributed by atoms with Gasteiger partial charge in [-0.15, -0.1) is 5.10 Å². The van der Waals surface area contributed by atoms with Crippen LogP contribution < -0.4 is 10.3 Å². The summed E-state index contributed by atoms with van der Waals surface area (Å²) in [5, 5.41) is 4.01. The van der Waals surface area contributed by atoms with Gasteiger partial charge in [-0.1, -0.05) is 43.5 Å². The fourth-order valence-corrected chi connectivity index (χ4v) is 3.26. The molecule has 0 atom stereocenters. The Bertz CT molecular complexity index is 759. The lowest BCUT2D eigenvalue weighted by atomic mass is 9.84. The van der Waals surface area contributed by atoms with Crippen LogP contribution in [0.5, 0.6) is 5.88 Å². The highest BCUT2D eigenvalue weighted by molar-refractivity contribution is 5.95. The van der Waals surface area contributed by atoms with E-state index in [0.717, 1.165) is 4.68 Å². The predicted molar refractivity (Wildman–Crippen MR) is 91.6 cm³/mol. The summed E-state index contributed by atoms with van der Waals surface area (Å²) in [4.78, 5) is 24.2. The summed E-state index contributed by atoms with van der Waals surface area (Å²) in [5.41, 5.74) is 1.59. The van der Waals surface area contributed by atoms with Gasteiger partial charge in [-0.3, -0.25) is 9.59 Å². The normalized spacial score (nSPS) is 15.2. The molecule has 0 bridgehead atoms. The van der Waals surface area contributed by atoms with Gasteiger partial charge in [-0.05, 0) is 24.3 Å². The summed E-state index contributed by atoms with van der Waals surface area (Å²) in [5.74, 6) is 0.800. The van der Waals surface area contributed by atoms with Crippen molar-refractivity contribution in [2.45, 2.75) is 44.6 Å². The summed E-state index contributed by atoms with van der Waals surface area (Å²) >= 11 is 0. The first-order valence-electron chi connectivity index (χ1n) is 8.42. The molecule has 0 radical (unpaired) electrons. The first-order chi connectivity index (χ1) is 11.7. The molecule has 1 heterocycles. The first kappa shape index (κ1) is 16.4. The molecule has 1 aromatic heterocycles. The Morgan fingerprint density at radius 3 is 2.50 bits per heavy atom. The molecule has 0 spiro atoms. The number of Topliss-reactive ketones (excluding diaryl/α,β-unsaturated/α-hetero) is 1. The summed E-state index contributed by atoms with van der Waals surface area (Å²) < 4.78 is 6.13. The zero-order valence-corrected chi connectivity index (χ0v) is 13.9. The molecule has 1 fully saturated rings. The highest BCUT2D eigenvalue weighted by atomic mass is 16.5. The Morgan fingerprint density at radius 2 is 1.83 bits per heavy atom. The smallest absolute Gasteiger partial charge is 0.267 e. The fourth-order valence-electron chi connectivity index (χ4n) is 3.26. The van der Waals surface area contributed by atoms with Gasteiger partial charge in [0.1, 0.15) is 6.54 Å². The van der Waals surface area contributed by atoms with E-state index in [1.807, 2.05) is 24.3 Å². The van der Waals surface area contributed by atoms with Crippen LogP contribution in [0.3, 0.4) is 0 Å². The van der Waals surface area contributed by atoms with Crippen LogP contribution in [0.15, 0.2) is 41.2 Å². The van der Waals surface area contributed by atoms with Crippen molar-refractivity contribution in [3.05, 3.63) is 57.9 Å². The molecule has 1 aliphatic carbocycles. The quantitative estimate of drug-likeness (QED) is 0.792. The van der Waals surface area contributed by atoms with Crippen molar-refractivity contribution >= 4 is 5.78 Å². The molecule has 0 saturated heterocycles. The third-order valence-electron chi connectivity index (χ3n) is 4.65. The van der Waals surface area contributed by atoms with E-state index in [1.165, 1.54) is 56.9 Å². The van der Waals surface area contributed by atoms with Gasteiger partial charge in [0, 0.05) is 17.7 Å². The fraction of sp³-hybridized carbons (Fsp3) is 0.421. The minimum atomic E-state index is -0.317. The van der Waals surface area contributed by atoms with Crippen molar-refractivity contribution in [1.29, 1.82) is 0 Å². The second kappa shape index (κ2) is 7.43. The molecule has 3 rings (SSSR count). The van der Waals surface area contributed by atoms with Crippen LogP contribution in [0.25, 0.3) is 0 Å². The van der Waals surface area contributed by atoms with Crippen molar-refractivity contribution in [2.24, 2.45) is 0 Å². The van der Waals surface area contributed by atoms with E-state index in [1.54, 1.807) is 0 Å². The van der Waals surface area contributed by atoms with E-state index >= 15 is 0 Å². The molecule has 24 heavy (non-hydrogen) atoms. The minimum Gasteiger partial charge on any atom is -0.480 e. The molecule has 1 aliphatic rings. The average molecular weight is 326 g/mol. The van der Waals surface area contributed by atoms with Crippen molar-refractivity contribution in [3.8, 4) is 5.88 Å². The van der Waals surface area contributed by atoms with E-state index in [4.69, 9.17) is 4.74 Å². The summed E-state index contributed by atoms with van der Waals surface area (Å²) in [6.45, 7) is -0.0845. The Balaban J connectivity index is 1.72. The number of carbonyl (C=O) groups excluding carboxylic acids is 1. The summed E-state index contributed by atoms with van der Waals surface area (Å²) in [7, 11) is 1.48. The molecule has 0 N–H and O–H groups in total. The zero-order chi connectivity index (χ0) is 16.9. The molecule has 126 valence electrons. The van der Waals surface area contributed by atoms with Gasteiger partial charge >= 0.3 is 0 Å². The van der Waals surface area contributed by atoms with Crippen LogP contribution in [0.4, 0.5) is 0 Å². The van der Waals surface area contributed by atoms with Crippen LogP contribution in [0, 0.1) is 0 Å². The molecule has 1 saturated carbocycles. The van der Waals surface area contributed by atoms with Gasteiger partial charge < -0.3 is 4.74 Å². The molecule has 5 nitrogen and oxygen atoms in total. The molecule has 1 aromatic carbocycles. The van der Waals surface area contributed by atoms with E-state index in [-0.39, 0.29) is 17.9 Å². The second-order valence-corrected chi connectivity index (χ2v) is 6.25. The largest absolute Gasteiger partial charge is 0.480 e. The summed E-state index contributed by atoms with van der Waals surface area (Å²) in [6, 6.07) is 10.7. The first-order valence-corrected chi connectivity index (χ1v) is 8.42. The van der Waals surface area contributed by atoms with Crippen molar-refractivity contribution in [1.82, 2.24) is 9.78 Å². The minimum absolute atomic E-state index is 0.0845. The third-order valence-corrected chi connectivity index (χ3v) is 4.65.